The van der Waals surface area contributed by atoms with Crippen molar-refractivity contribution in [1.82, 2.24) is 19.9 Å². The van der Waals surface area contributed by atoms with Gasteiger partial charge in [-0.25, -0.2) is 15.0 Å². The van der Waals surface area contributed by atoms with Gasteiger partial charge in [-0.3, -0.25) is 9.59 Å². The Kier molecular flexibility index (Phi) is 5.02. The number of piperidine rings is 1. The maximum atomic E-state index is 12.8. The maximum absolute atomic E-state index is 12.8. The highest BCUT2D eigenvalue weighted by Crippen LogP contribution is 2.26. The second-order valence-electron chi connectivity index (χ2n) is 6.23. The van der Waals surface area contributed by atoms with Crippen LogP contribution in [0.2, 0.25) is 0 Å². The molecule has 7 nitrogen and oxygen atoms in total. The van der Waals surface area contributed by atoms with Crippen LogP contribution in [0.15, 0.2) is 30.6 Å². The van der Waals surface area contributed by atoms with Gasteiger partial charge in [0.15, 0.2) is 0 Å². The third-order valence-electron chi connectivity index (χ3n) is 4.24. The molecule has 1 saturated heterocycles. The lowest BCUT2D eigenvalue weighted by molar-refractivity contribution is -0.114. The molecule has 0 bridgehead atoms. The van der Waals surface area contributed by atoms with Gasteiger partial charge in [0.2, 0.25) is 5.91 Å². The molecule has 0 spiro atoms. The monoisotopic (exact) mass is 339 g/mol. The first kappa shape index (κ1) is 17.0. The van der Waals surface area contributed by atoms with Crippen LogP contribution in [0.1, 0.15) is 47.6 Å². The highest BCUT2D eigenvalue weighted by atomic mass is 16.2. The predicted molar refractivity (Wildman–Crippen MR) is 93.2 cm³/mol. The Balaban J connectivity index is 1.75. The standard InChI is InChI=1S/C18H21N5O2/c1-12-19-8-6-16(21-12)15-4-3-9-23(11-15)18(25)14-5-7-20-17(10-14)22-13(2)24/h5-8,10,15H,3-4,9,11H2,1-2H3,(H,20,22,24)/t15-/m0/s1. The number of aromatic nitrogens is 3. The summed E-state index contributed by atoms with van der Waals surface area (Å²) in [5.74, 6) is 1.09. The Morgan fingerprint density at radius 3 is 2.80 bits per heavy atom. The molecule has 0 aliphatic carbocycles. The summed E-state index contributed by atoms with van der Waals surface area (Å²) in [4.78, 5) is 38.5. The average molecular weight is 339 g/mol. The maximum Gasteiger partial charge on any atom is 0.254 e. The molecular formula is C18H21N5O2. The summed E-state index contributed by atoms with van der Waals surface area (Å²) in [6, 6.07) is 5.21. The fraction of sp³-hybridized carbons (Fsp3) is 0.389. The van der Waals surface area contributed by atoms with Crippen molar-refractivity contribution in [2.45, 2.75) is 32.6 Å². The molecule has 3 rings (SSSR count). The molecule has 7 heteroatoms. The van der Waals surface area contributed by atoms with Gasteiger partial charge in [-0.1, -0.05) is 0 Å². The smallest absolute Gasteiger partial charge is 0.254 e. The number of rotatable bonds is 3. The molecule has 0 saturated carbocycles. The van der Waals surface area contributed by atoms with Gasteiger partial charge in [0.05, 0.1) is 0 Å². The first-order valence-corrected chi connectivity index (χ1v) is 8.35. The van der Waals surface area contributed by atoms with E-state index in [1.54, 1.807) is 18.3 Å². The Morgan fingerprint density at radius 2 is 2.04 bits per heavy atom. The number of pyridine rings is 1. The molecule has 1 atom stereocenters. The van der Waals surface area contributed by atoms with Gasteiger partial charge in [0, 0.05) is 49.6 Å². The molecule has 2 aromatic rings. The lowest BCUT2D eigenvalue weighted by atomic mass is 9.94. The minimum absolute atomic E-state index is 0.0514. The van der Waals surface area contributed by atoms with Crippen LogP contribution in [0.4, 0.5) is 5.82 Å². The number of anilines is 1. The molecule has 0 radical (unpaired) electrons. The Bertz CT molecular complexity index is 793. The van der Waals surface area contributed by atoms with Gasteiger partial charge in [0.25, 0.3) is 5.91 Å². The summed E-state index contributed by atoms with van der Waals surface area (Å²) in [5.41, 5.74) is 1.51. The van der Waals surface area contributed by atoms with E-state index in [9.17, 15) is 9.59 Å². The molecule has 0 aromatic carbocycles. The van der Waals surface area contributed by atoms with Crippen LogP contribution in [0.25, 0.3) is 0 Å². The fourth-order valence-corrected chi connectivity index (χ4v) is 3.10. The normalized spacial score (nSPS) is 17.2. The lowest BCUT2D eigenvalue weighted by Crippen LogP contribution is -2.39. The van der Waals surface area contributed by atoms with E-state index in [-0.39, 0.29) is 17.7 Å². The highest BCUT2D eigenvalue weighted by molar-refractivity contribution is 5.96. The number of carbonyl (C=O) groups excluding carboxylic acids is 2. The summed E-state index contributed by atoms with van der Waals surface area (Å²) in [6.07, 6.45) is 5.24. The summed E-state index contributed by atoms with van der Waals surface area (Å²) in [7, 11) is 0. The zero-order valence-electron chi connectivity index (χ0n) is 14.4. The van der Waals surface area contributed by atoms with Crippen molar-refractivity contribution in [3.8, 4) is 0 Å². The number of amides is 2. The Labute approximate surface area is 146 Å². The van der Waals surface area contributed by atoms with Crippen LogP contribution in [0.3, 0.4) is 0 Å². The number of nitrogens with zero attached hydrogens (tertiary/aromatic N) is 4. The van der Waals surface area contributed by atoms with Gasteiger partial charge in [-0.2, -0.15) is 0 Å². The SMILES string of the molecule is CC(=O)Nc1cc(C(=O)N2CCC[C@H](c3ccnc(C)n3)C2)ccn1. The van der Waals surface area contributed by atoms with Crippen molar-refractivity contribution in [2.24, 2.45) is 0 Å². The first-order valence-electron chi connectivity index (χ1n) is 8.35. The summed E-state index contributed by atoms with van der Waals surface area (Å²) in [5, 5.41) is 2.61. The molecule has 0 unspecified atom stereocenters. The van der Waals surface area contributed by atoms with E-state index in [4.69, 9.17) is 0 Å². The van der Waals surface area contributed by atoms with E-state index < -0.39 is 0 Å². The largest absolute Gasteiger partial charge is 0.338 e. The van der Waals surface area contributed by atoms with Crippen LogP contribution < -0.4 is 5.32 Å². The zero-order valence-corrected chi connectivity index (χ0v) is 14.4. The quantitative estimate of drug-likeness (QED) is 0.926. The summed E-state index contributed by atoms with van der Waals surface area (Å²) in [6.45, 7) is 4.63. The van der Waals surface area contributed by atoms with E-state index >= 15 is 0 Å². The highest BCUT2D eigenvalue weighted by Gasteiger charge is 2.26. The van der Waals surface area contributed by atoms with Crippen molar-refractivity contribution in [1.29, 1.82) is 0 Å². The van der Waals surface area contributed by atoms with Crippen LogP contribution in [-0.4, -0.2) is 44.8 Å². The second kappa shape index (κ2) is 7.38. The molecule has 1 fully saturated rings. The topological polar surface area (TPSA) is 88.1 Å². The molecule has 3 heterocycles. The Morgan fingerprint density at radius 1 is 1.24 bits per heavy atom. The van der Waals surface area contributed by atoms with Crippen molar-refractivity contribution in [3.05, 3.63) is 47.7 Å². The molecule has 1 N–H and O–H groups in total. The number of carbonyl (C=O) groups is 2. The van der Waals surface area contributed by atoms with Crippen molar-refractivity contribution >= 4 is 17.6 Å². The molecule has 2 aromatic heterocycles. The van der Waals surface area contributed by atoms with E-state index in [1.807, 2.05) is 17.9 Å². The summed E-state index contributed by atoms with van der Waals surface area (Å²) >= 11 is 0. The van der Waals surface area contributed by atoms with Crippen LogP contribution in [0, 0.1) is 6.92 Å². The first-order chi connectivity index (χ1) is 12.0. The van der Waals surface area contributed by atoms with Gasteiger partial charge < -0.3 is 10.2 Å². The molecular weight excluding hydrogens is 318 g/mol. The second-order valence-corrected chi connectivity index (χ2v) is 6.23. The number of hydrogen-bond donors (Lipinski definition) is 1. The third kappa shape index (κ3) is 4.17. The van der Waals surface area contributed by atoms with E-state index in [0.29, 0.717) is 17.9 Å². The van der Waals surface area contributed by atoms with Gasteiger partial charge in [-0.15, -0.1) is 0 Å². The molecule has 1 aliphatic rings. The van der Waals surface area contributed by atoms with Gasteiger partial charge in [0.1, 0.15) is 11.6 Å². The molecule has 25 heavy (non-hydrogen) atoms. The number of aryl methyl sites for hydroxylation is 1. The number of nitrogens with one attached hydrogen (secondary N) is 1. The van der Waals surface area contributed by atoms with Crippen molar-refractivity contribution in [3.63, 3.8) is 0 Å². The zero-order chi connectivity index (χ0) is 17.8. The number of likely N-dealkylation sites (tertiary alicyclic amines) is 1. The number of hydrogen-bond acceptors (Lipinski definition) is 5. The predicted octanol–water partition coefficient (Wildman–Crippen LogP) is 2.16. The van der Waals surface area contributed by atoms with Crippen LogP contribution in [0.5, 0.6) is 0 Å². The fourth-order valence-electron chi connectivity index (χ4n) is 3.10. The van der Waals surface area contributed by atoms with E-state index in [1.165, 1.54) is 13.1 Å². The van der Waals surface area contributed by atoms with E-state index in [0.717, 1.165) is 30.9 Å². The molecule has 2 amide bonds. The lowest BCUT2D eigenvalue weighted by Gasteiger charge is -2.32. The minimum atomic E-state index is -0.214. The molecule has 1 aliphatic heterocycles. The van der Waals surface area contributed by atoms with Crippen LogP contribution >= 0.6 is 0 Å². The van der Waals surface area contributed by atoms with Gasteiger partial charge in [-0.05, 0) is 38.0 Å². The minimum Gasteiger partial charge on any atom is -0.338 e. The van der Waals surface area contributed by atoms with Gasteiger partial charge >= 0.3 is 0 Å². The third-order valence-corrected chi connectivity index (χ3v) is 4.24. The van der Waals surface area contributed by atoms with Crippen molar-refractivity contribution in [2.75, 3.05) is 18.4 Å². The summed E-state index contributed by atoms with van der Waals surface area (Å²) < 4.78 is 0. The van der Waals surface area contributed by atoms with E-state index in [2.05, 4.69) is 20.3 Å². The van der Waals surface area contributed by atoms with Crippen LogP contribution in [-0.2, 0) is 4.79 Å². The Hall–Kier alpha value is -2.83. The molecule has 130 valence electrons. The average Bonchev–Trinajstić information content (AvgIpc) is 2.61. The van der Waals surface area contributed by atoms with Crippen molar-refractivity contribution < 1.29 is 9.59 Å².